The molecule has 1 amide bonds. The number of ether oxygens (including phenoxy) is 1. The number of hydrogen-bond donors (Lipinski definition) is 2. The Bertz CT molecular complexity index is 742. The molecule has 2 heterocycles. The summed E-state index contributed by atoms with van der Waals surface area (Å²) in [6.45, 7) is 5.44. The summed E-state index contributed by atoms with van der Waals surface area (Å²) in [6, 6.07) is 7.77. The monoisotopic (exact) mass is 340 g/mol. The van der Waals surface area contributed by atoms with Crippen molar-refractivity contribution in [3.63, 3.8) is 0 Å². The normalized spacial score (nSPS) is 16.6. The van der Waals surface area contributed by atoms with Gasteiger partial charge in [0.1, 0.15) is 5.69 Å². The molecule has 1 fully saturated rings. The van der Waals surface area contributed by atoms with Crippen LogP contribution < -0.4 is 10.6 Å². The lowest BCUT2D eigenvalue weighted by atomic mass is 10.1. The quantitative estimate of drug-likeness (QED) is 0.845. The maximum atomic E-state index is 12.3. The van der Waals surface area contributed by atoms with E-state index >= 15 is 0 Å². The van der Waals surface area contributed by atoms with Crippen molar-refractivity contribution in [1.82, 2.24) is 15.3 Å². The number of anilines is 2. The Balaban J connectivity index is 1.70. The molecule has 1 aromatic carbocycles. The summed E-state index contributed by atoms with van der Waals surface area (Å²) in [5.74, 6) is 0.218. The summed E-state index contributed by atoms with van der Waals surface area (Å²) in [5, 5.41) is 6.14. The van der Waals surface area contributed by atoms with Crippen LogP contribution in [0, 0.1) is 6.92 Å². The van der Waals surface area contributed by atoms with Gasteiger partial charge in [-0.15, -0.1) is 0 Å². The molecule has 0 bridgehead atoms. The lowest BCUT2D eigenvalue weighted by Gasteiger charge is -2.13. The standard InChI is InChI=1S/C19H24N4O2/c1-3-14-7-4-6-13(2)17(14)23-19-20-10-9-16(22-19)18(24)21-12-15-8-5-11-25-15/h4,6-7,9-10,15H,3,5,8,11-12H2,1-2H3,(H,21,24)(H,20,22,23). The number of benzene rings is 1. The predicted molar refractivity (Wildman–Crippen MR) is 97.2 cm³/mol. The fourth-order valence-corrected chi connectivity index (χ4v) is 2.96. The summed E-state index contributed by atoms with van der Waals surface area (Å²) in [5.41, 5.74) is 3.66. The van der Waals surface area contributed by atoms with Crippen molar-refractivity contribution in [2.75, 3.05) is 18.5 Å². The smallest absolute Gasteiger partial charge is 0.270 e. The maximum absolute atomic E-state index is 12.3. The third-order valence-corrected chi connectivity index (χ3v) is 4.38. The average Bonchev–Trinajstić information content (AvgIpc) is 3.15. The first-order valence-electron chi connectivity index (χ1n) is 8.75. The van der Waals surface area contributed by atoms with E-state index in [1.54, 1.807) is 12.3 Å². The molecule has 1 aliphatic heterocycles. The first kappa shape index (κ1) is 17.4. The summed E-state index contributed by atoms with van der Waals surface area (Å²) >= 11 is 0. The molecule has 2 aromatic rings. The van der Waals surface area contributed by atoms with E-state index in [0.717, 1.165) is 37.1 Å². The molecule has 2 N–H and O–H groups in total. The highest BCUT2D eigenvalue weighted by molar-refractivity contribution is 5.92. The van der Waals surface area contributed by atoms with E-state index in [1.165, 1.54) is 5.56 Å². The van der Waals surface area contributed by atoms with Crippen molar-refractivity contribution in [2.24, 2.45) is 0 Å². The second-order valence-corrected chi connectivity index (χ2v) is 6.20. The molecule has 1 saturated heterocycles. The summed E-state index contributed by atoms with van der Waals surface area (Å²) < 4.78 is 5.52. The molecule has 132 valence electrons. The Morgan fingerprint density at radius 2 is 2.24 bits per heavy atom. The van der Waals surface area contributed by atoms with Gasteiger partial charge in [-0.25, -0.2) is 9.97 Å². The molecule has 25 heavy (non-hydrogen) atoms. The molecule has 1 aromatic heterocycles. The average molecular weight is 340 g/mol. The van der Waals surface area contributed by atoms with Crippen LogP contribution in [0.1, 0.15) is 41.4 Å². The van der Waals surface area contributed by atoms with E-state index in [2.05, 4.69) is 33.6 Å². The molecule has 6 nitrogen and oxygen atoms in total. The number of nitrogens with zero attached hydrogens (tertiary/aromatic N) is 2. The zero-order chi connectivity index (χ0) is 17.6. The third-order valence-electron chi connectivity index (χ3n) is 4.38. The maximum Gasteiger partial charge on any atom is 0.270 e. The Kier molecular flexibility index (Phi) is 5.60. The van der Waals surface area contributed by atoms with Crippen LogP contribution in [0.5, 0.6) is 0 Å². The molecule has 6 heteroatoms. The number of carbonyl (C=O) groups is 1. The lowest BCUT2D eigenvalue weighted by molar-refractivity contribution is 0.0853. The van der Waals surface area contributed by atoms with Gasteiger partial charge in [0.2, 0.25) is 5.95 Å². The van der Waals surface area contributed by atoms with Crippen molar-refractivity contribution < 1.29 is 9.53 Å². The van der Waals surface area contributed by atoms with E-state index in [0.29, 0.717) is 18.2 Å². The Hall–Kier alpha value is -2.47. The topological polar surface area (TPSA) is 76.1 Å². The van der Waals surface area contributed by atoms with Crippen molar-refractivity contribution in [2.45, 2.75) is 39.2 Å². The lowest BCUT2D eigenvalue weighted by Crippen LogP contribution is -2.32. The fraction of sp³-hybridized carbons (Fsp3) is 0.421. The number of para-hydroxylation sites is 1. The predicted octanol–water partition coefficient (Wildman–Crippen LogP) is 3.00. The van der Waals surface area contributed by atoms with Gasteiger partial charge in [0.25, 0.3) is 5.91 Å². The molecule has 1 aliphatic rings. The minimum atomic E-state index is -0.207. The Morgan fingerprint density at radius 3 is 3.00 bits per heavy atom. The van der Waals surface area contributed by atoms with E-state index in [9.17, 15) is 4.79 Å². The van der Waals surface area contributed by atoms with Gasteiger partial charge in [-0.3, -0.25) is 4.79 Å². The largest absolute Gasteiger partial charge is 0.376 e. The number of rotatable bonds is 6. The minimum absolute atomic E-state index is 0.113. The molecular formula is C19H24N4O2. The Labute approximate surface area is 148 Å². The van der Waals surface area contributed by atoms with Crippen LogP contribution in [-0.4, -0.2) is 35.1 Å². The zero-order valence-electron chi connectivity index (χ0n) is 14.7. The van der Waals surface area contributed by atoms with Gasteiger partial charge in [-0.1, -0.05) is 25.1 Å². The second kappa shape index (κ2) is 8.07. The van der Waals surface area contributed by atoms with Crippen LogP contribution in [0.4, 0.5) is 11.6 Å². The van der Waals surface area contributed by atoms with Gasteiger partial charge in [0.05, 0.1) is 6.10 Å². The molecule has 1 atom stereocenters. The number of amides is 1. The molecule has 1 unspecified atom stereocenters. The number of carbonyl (C=O) groups excluding carboxylic acids is 1. The number of nitrogens with one attached hydrogen (secondary N) is 2. The number of hydrogen-bond acceptors (Lipinski definition) is 5. The van der Waals surface area contributed by atoms with Crippen molar-refractivity contribution >= 4 is 17.5 Å². The molecule has 0 spiro atoms. The molecular weight excluding hydrogens is 316 g/mol. The zero-order valence-corrected chi connectivity index (χ0v) is 14.7. The number of aryl methyl sites for hydroxylation is 2. The number of aromatic nitrogens is 2. The van der Waals surface area contributed by atoms with Crippen molar-refractivity contribution in [3.05, 3.63) is 47.3 Å². The highest BCUT2D eigenvalue weighted by Crippen LogP contribution is 2.23. The van der Waals surface area contributed by atoms with Gasteiger partial charge in [-0.05, 0) is 43.4 Å². The van der Waals surface area contributed by atoms with Crippen LogP contribution >= 0.6 is 0 Å². The fourth-order valence-electron chi connectivity index (χ4n) is 2.96. The third kappa shape index (κ3) is 4.33. The van der Waals surface area contributed by atoms with Crippen molar-refractivity contribution in [1.29, 1.82) is 0 Å². The van der Waals surface area contributed by atoms with Crippen LogP contribution in [0.15, 0.2) is 30.5 Å². The van der Waals surface area contributed by atoms with Gasteiger partial charge in [0, 0.05) is 25.0 Å². The van der Waals surface area contributed by atoms with E-state index < -0.39 is 0 Å². The van der Waals surface area contributed by atoms with Crippen LogP contribution in [0.2, 0.25) is 0 Å². The Morgan fingerprint density at radius 1 is 1.36 bits per heavy atom. The highest BCUT2D eigenvalue weighted by atomic mass is 16.5. The van der Waals surface area contributed by atoms with E-state index in [-0.39, 0.29) is 12.0 Å². The molecule has 0 saturated carbocycles. The van der Waals surface area contributed by atoms with Gasteiger partial charge in [-0.2, -0.15) is 0 Å². The van der Waals surface area contributed by atoms with Gasteiger partial charge >= 0.3 is 0 Å². The van der Waals surface area contributed by atoms with E-state index in [1.807, 2.05) is 19.1 Å². The van der Waals surface area contributed by atoms with Gasteiger partial charge in [0.15, 0.2) is 0 Å². The van der Waals surface area contributed by atoms with E-state index in [4.69, 9.17) is 4.74 Å². The second-order valence-electron chi connectivity index (χ2n) is 6.20. The molecule has 3 rings (SSSR count). The molecule has 0 aliphatic carbocycles. The van der Waals surface area contributed by atoms with Crippen LogP contribution in [-0.2, 0) is 11.2 Å². The first-order valence-corrected chi connectivity index (χ1v) is 8.75. The minimum Gasteiger partial charge on any atom is -0.376 e. The van der Waals surface area contributed by atoms with Crippen LogP contribution in [0.3, 0.4) is 0 Å². The van der Waals surface area contributed by atoms with Crippen molar-refractivity contribution in [3.8, 4) is 0 Å². The summed E-state index contributed by atoms with van der Waals surface area (Å²) in [7, 11) is 0. The molecule has 0 radical (unpaired) electrons. The first-order chi connectivity index (χ1) is 12.2. The summed E-state index contributed by atoms with van der Waals surface area (Å²) in [4.78, 5) is 20.9. The van der Waals surface area contributed by atoms with Crippen LogP contribution in [0.25, 0.3) is 0 Å². The highest BCUT2D eigenvalue weighted by Gasteiger charge is 2.17. The SMILES string of the molecule is CCc1cccc(C)c1Nc1nccc(C(=O)NCC2CCCO2)n1. The van der Waals surface area contributed by atoms with Gasteiger partial charge < -0.3 is 15.4 Å². The summed E-state index contributed by atoms with van der Waals surface area (Å²) in [6.07, 6.45) is 4.66.